The van der Waals surface area contributed by atoms with Crippen LogP contribution in [0.25, 0.3) is 17.0 Å². The molecule has 0 aliphatic rings. The number of rotatable bonds is 3. The van der Waals surface area contributed by atoms with Crippen molar-refractivity contribution in [3.63, 3.8) is 0 Å². The van der Waals surface area contributed by atoms with Gasteiger partial charge in [0.2, 0.25) is 0 Å². The number of fused-ring (bicyclic) bond motifs is 1. The lowest BCUT2D eigenvalue weighted by atomic mass is 10.2. The van der Waals surface area contributed by atoms with Crippen molar-refractivity contribution in [3.05, 3.63) is 41.7 Å². The molecule has 1 heterocycles. The van der Waals surface area contributed by atoms with Crippen molar-refractivity contribution in [2.75, 3.05) is 5.88 Å². The summed E-state index contributed by atoms with van der Waals surface area (Å²) < 4.78 is 5.72. The molecule has 0 bridgehead atoms. The van der Waals surface area contributed by atoms with Crippen LogP contribution in [0.2, 0.25) is 0 Å². The fraction of sp³-hybridized carbons (Fsp3) is 0.231. The third-order valence-corrected chi connectivity index (χ3v) is 2.54. The number of furan rings is 1. The number of allylic oxidation sites excluding steroid dienone is 1. The number of hydrogen-bond donors (Lipinski definition) is 0. The van der Waals surface area contributed by atoms with Crippen LogP contribution in [-0.2, 0) is 0 Å². The van der Waals surface area contributed by atoms with E-state index in [1.165, 1.54) is 5.56 Å². The van der Waals surface area contributed by atoms with E-state index in [-0.39, 0.29) is 0 Å². The summed E-state index contributed by atoms with van der Waals surface area (Å²) in [6.45, 7) is 2.05. The van der Waals surface area contributed by atoms with E-state index < -0.39 is 0 Å². The molecule has 0 radical (unpaired) electrons. The molecular weight excluding hydrogens is 208 g/mol. The molecule has 2 heteroatoms. The molecule has 0 N–H and O–H groups in total. The fourth-order valence-electron chi connectivity index (χ4n) is 1.57. The van der Waals surface area contributed by atoms with Crippen LogP contribution in [0.1, 0.15) is 17.7 Å². The highest BCUT2D eigenvalue weighted by Crippen LogP contribution is 2.23. The first-order valence-corrected chi connectivity index (χ1v) is 5.56. The molecular formula is C13H13ClO. The lowest BCUT2D eigenvalue weighted by Crippen LogP contribution is -1.69. The first kappa shape index (κ1) is 10.3. The summed E-state index contributed by atoms with van der Waals surface area (Å²) in [6, 6.07) is 8.20. The Morgan fingerprint density at radius 3 is 3.00 bits per heavy atom. The SMILES string of the molecule is Cc1cccc2cc(/C=C/CCCl)oc12. The number of para-hydroxylation sites is 1. The monoisotopic (exact) mass is 220 g/mol. The van der Waals surface area contributed by atoms with Gasteiger partial charge in [-0.15, -0.1) is 11.6 Å². The number of alkyl halides is 1. The topological polar surface area (TPSA) is 13.1 Å². The van der Waals surface area contributed by atoms with E-state index in [0.29, 0.717) is 5.88 Å². The number of aryl methyl sites for hydroxylation is 1. The molecule has 0 amide bonds. The Morgan fingerprint density at radius 2 is 2.27 bits per heavy atom. The van der Waals surface area contributed by atoms with Crippen molar-refractivity contribution in [2.24, 2.45) is 0 Å². The van der Waals surface area contributed by atoms with Crippen LogP contribution < -0.4 is 0 Å². The second kappa shape index (κ2) is 4.54. The van der Waals surface area contributed by atoms with Crippen LogP contribution in [0.5, 0.6) is 0 Å². The third-order valence-electron chi connectivity index (χ3n) is 2.32. The first-order valence-electron chi connectivity index (χ1n) is 5.03. The molecule has 15 heavy (non-hydrogen) atoms. The van der Waals surface area contributed by atoms with Gasteiger partial charge >= 0.3 is 0 Å². The Balaban J connectivity index is 2.35. The highest BCUT2D eigenvalue weighted by molar-refractivity contribution is 6.17. The van der Waals surface area contributed by atoms with E-state index in [1.54, 1.807) is 0 Å². The highest BCUT2D eigenvalue weighted by Gasteiger charge is 2.02. The summed E-state index contributed by atoms with van der Waals surface area (Å²) in [7, 11) is 0. The van der Waals surface area contributed by atoms with Crippen LogP contribution >= 0.6 is 11.6 Å². The second-order valence-corrected chi connectivity index (χ2v) is 3.90. The van der Waals surface area contributed by atoms with Gasteiger partial charge < -0.3 is 4.42 Å². The molecule has 0 aliphatic carbocycles. The molecule has 1 nitrogen and oxygen atoms in total. The number of halogens is 1. The molecule has 0 atom stereocenters. The Morgan fingerprint density at radius 1 is 1.40 bits per heavy atom. The van der Waals surface area contributed by atoms with Gasteiger partial charge in [-0.2, -0.15) is 0 Å². The molecule has 0 aliphatic heterocycles. The molecule has 2 rings (SSSR count). The average Bonchev–Trinajstić information content (AvgIpc) is 2.63. The van der Waals surface area contributed by atoms with Crippen molar-refractivity contribution in [1.82, 2.24) is 0 Å². The first-order chi connectivity index (χ1) is 7.31. The van der Waals surface area contributed by atoms with Crippen molar-refractivity contribution < 1.29 is 4.42 Å². The Labute approximate surface area is 94.3 Å². The lowest BCUT2D eigenvalue weighted by molar-refractivity contribution is 0.601. The van der Waals surface area contributed by atoms with Gasteiger partial charge in [0.1, 0.15) is 11.3 Å². The van der Waals surface area contributed by atoms with Crippen LogP contribution in [0.15, 0.2) is 34.8 Å². The smallest absolute Gasteiger partial charge is 0.137 e. The molecule has 2 aromatic rings. The molecule has 0 spiro atoms. The second-order valence-electron chi connectivity index (χ2n) is 3.52. The predicted octanol–water partition coefficient (Wildman–Crippen LogP) is 4.38. The van der Waals surface area contributed by atoms with E-state index in [9.17, 15) is 0 Å². The normalized spacial score (nSPS) is 11.6. The quantitative estimate of drug-likeness (QED) is 0.700. The van der Waals surface area contributed by atoms with Gasteiger partial charge in [-0.3, -0.25) is 0 Å². The zero-order valence-electron chi connectivity index (χ0n) is 8.66. The van der Waals surface area contributed by atoms with Crippen molar-refractivity contribution in [2.45, 2.75) is 13.3 Å². The Bertz CT molecular complexity index is 482. The van der Waals surface area contributed by atoms with Crippen LogP contribution in [0.4, 0.5) is 0 Å². The van der Waals surface area contributed by atoms with Crippen molar-refractivity contribution >= 4 is 28.6 Å². The summed E-state index contributed by atoms with van der Waals surface area (Å²) in [5, 5.41) is 1.15. The van der Waals surface area contributed by atoms with Gasteiger partial charge in [0.15, 0.2) is 0 Å². The van der Waals surface area contributed by atoms with E-state index in [1.807, 2.05) is 24.3 Å². The van der Waals surface area contributed by atoms with Crippen LogP contribution in [0, 0.1) is 6.92 Å². The van der Waals surface area contributed by atoms with E-state index in [2.05, 4.69) is 19.1 Å². The van der Waals surface area contributed by atoms with E-state index >= 15 is 0 Å². The standard InChI is InChI=1S/C13H13ClO/c1-10-5-4-6-11-9-12(15-13(10)11)7-2-3-8-14/h2,4-7,9H,3,8H2,1H3/b7-2+. The summed E-state index contributed by atoms with van der Waals surface area (Å²) in [5.41, 5.74) is 2.15. The molecule has 1 aromatic heterocycles. The fourth-order valence-corrected chi connectivity index (χ4v) is 1.70. The maximum atomic E-state index is 5.72. The summed E-state index contributed by atoms with van der Waals surface area (Å²) in [4.78, 5) is 0. The van der Waals surface area contributed by atoms with E-state index in [4.69, 9.17) is 16.0 Å². The minimum absolute atomic E-state index is 0.649. The molecule has 0 saturated heterocycles. The maximum absolute atomic E-state index is 5.72. The molecule has 0 unspecified atom stereocenters. The molecule has 0 saturated carbocycles. The van der Waals surface area contributed by atoms with Crippen LogP contribution in [0.3, 0.4) is 0 Å². The number of benzene rings is 1. The highest BCUT2D eigenvalue weighted by atomic mass is 35.5. The molecule has 78 valence electrons. The van der Waals surface area contributed by atoms with Gasteiger partial charge in [0.05, 0.1) is 0 Å². The predicted molar refractivity (Wildman–Crippen MR) is 65.3 cm³/mol. The summed E-state index contributed by atoms with van der Waals surface area (Å²) >= 11 is 5.59. The van der Waals surface area contributed by atoms with Crippen LogP contribution in [-0.4, -0.2) is 5.88 Å². The molecule has 0 fully saturated rings. The van der Waals surface area contributed by atoms with Gasteiger partial charge in [-0.25, -0.2) is 0 Å². The third kappa shape index (κ3) is 2.24. The van der Waals surface area contributed by atoms with Gasteiger partial charge in [0.25, 0.3) is 0 Å². The van der Waals surface area contributed by atoms with Gasteiger partial charge in [0, 0.05) is 11.3 Å². The minimum Gasteiger partial charge on any atom is -0.456 e. The van der Waals surface area contributed by atoms with Gasteiger partial charge in [-0.1, -0.05) is 24.3 Å². The average molecular weight is 221 g/mol. The summed E-state index contributed by atoms with van der Waals surface area (Å²) in [6.07, 6.45) is 4.87. The minimum atomic E-state index is 0.649. The molecule has 1 aromatic carbocycles. The Hall–Kier alpha value is -1.21. The van der Waals surface area contributed by atoms with E-state index in [0.717, 1.165) is 23.2 Å². The van der Waals surface area contributed by atoms with Crippen molar-refractivity contribution in [1.29, 1.82) is 0 Å². The number of hydrogen-bond acceptors (Lipinski definition) is 1. The Kier molecular flexibility index (Phi) is 3.12. The summed E-state index contributed by atoms with van der Waals surface area (Å²) in [5.74, 6) is 1.54. The largest absolute Gasteiger partial charge is 0.456 e. The zero-order chi connectivity index (χ0) is 10.7. The zero-order valence-corrected chi connectivity index (χ0v) is 9.42. The maximum Gasteiger partial charge on any atom is 0.137 e. The lowest BCUT2D eigenvalue weighted by Gasteiger charge is -1.91. The van der Waals surface area contributed by atoms with Crippen molar-refractivity contribution in [3.8, 4) is 0 Å². The van der Waals surface area contributed by atoms with Gasteiger partial charge in [-0.05, 0) is 31.1 Å².